The van der Waals surface area contributed by atoms with Crippen LogP contribution >= 0.6 is 0 Å². The molecular weight excluding hydrogens is 188 g/mol. The van der Waals surface area contributed by atoms with Gasteiger partial charge >= 0.3 is 0 Å². The van der Waals surface area contributed by atoms with Gasteiger partial charge in [-0.15, -0.1) is 0 Å². The van der Waals surface area contributed by atoms with Crippen molar-refractivity contribution >= 4 is 5.78 Å². The lowest BCUT2D eigenvalue weighted by molar-refractivity contribution is -0.119. The molecule has 2 nitrogen and oxygen atoms in total. The van der Waals surface area contributed by atoms with Crippen LogP contribution < -0.4 is 0 Å². The van der Waals surface area contributed by atoms with Gasteiger partial charge in [0.15, 0.2) is 0 Å². The van der Waals surface area contributed by atoms with Crippen LogP contribution in [0.15, 0.2) is 18.2 Å². The van der Waals surface area contributed by atoms with Gasteiger partial charge in [-0.2, -0.15) is 0 Å². The highest BCUT2D eigenvalue weighted by molar-refractivity contribution is 5.81. The normalized spacial score (nSPS) is 10.3. The fourth-order valence-corrected chi connectivity index (χ4v) is 1.51. The third-order valence-electron chi connectivity index (χ3n) is 2.48. The molecule has 1 aromatic rings. The van der Waals surface area contributed by atoms with Gasteiger partial charge in [0.1, 0.15) is 5.78 Å². The first-order chi connectivity index (χ1) is 7.13. The van der Waals surface area contributed by atoms with Crippen LogP contribution in [-0.2, 0) is 16.0 Å². The van der Waals surface area contributed by atoms with E-state index in [1.807, 2.05) is 13.8 Å². The second-order valence-corrected chi connectivity index (χ2v) is 3.89. The minimum Gasteiger partial charge on any atom is -0.384 e. The maximum atomic E-state index is 11.6. The smallest absolute Gasteiger partial charge is 0.139 e. The number of methoxy groups -OCH3 is 1. The van der Waals surface area contributed by atoms with E-state index in [0.717, 1.165) is 5.56 Å². The Morgan fingerprint density at radius 2 is 2.07 bits per heavy atom. The zero-order valence-corrected chi connectivity index (χ0v) is 9.67. The fourth-order valence-electron chi connectivity index (χ4n) is 1.51. The van der Waals surface area contributed by atoms with Crippen molar-refractivity contribution in [3.05, 3.63) is 34.9 Å². The third-order valence-corrected chi connectivity index (χ3v) is 2.48. The number of hydrogen-bond acceptors (Lipinski definition) is 2. The summed E-state index contributed by atoms with van der Waals surface area (Å²) in [6.45, 7) is 4.60. The molecule has 1 rings (SSSR count). The van der Waals surface area contributed by atoms with Gasteiger partial charge in [-0.1, -0.05) is 23.8 Å². The molecule has 0 fully saturated rings. The number of carbonyl (C=O) groups is 1. The number of aryl methyl sites for hydroxylation is 2. The van der Waals surface area contributed by atoms with Gasteiger partial charge in [-0.25, -0.2) is 0 Å². The monoisotopic (exact) mass is 206 g/mol. The maximum absolute atomic E-state index is 11.6. The van der Waals surface area contributed by atoms with E-state index in [9.17, 15) is 4.79 Å². The summed E-state index contributed by atoms with van der Waals surface area (Å²) in [7, 11) is 1.62. The van der Waals surface area contributed by atoms with E-state index in [4.69, 9.17) is 4.74 Å². The summed E-state index contributed by atoms with van der Waals surface area (Å²) in [6, 6.07) is 6.22. The highest BCUT2D eigenvalue weighted by Crippen LogP contribution is 2.12. The van der Waals surface area contributed by atoms with E-state index >= 15 is 0 Å². The molecule has 0 heterocycles. The van der Waals surface area contributed by atoms with Crippen LogP contribution in [0, 0.1) is 13.8 Å². The van der Waals surface area contributed by atoms with Crippen molar-refractivity contribution in [3.8, 4) is 0 Å². The minimum atomic E-state index is 0.241. The fraction of sp³-hybridized carbons (Fsp3) is 0.462. The Hall–Kier alpha value is -1.15. The maximum Gasteiger partial charge on any atom is 0.139 e. The number of ketones is 1. The van der Waals surface area contributed by atoms with E-state index in [2.05, 4.69) is 18.2 Å². The van der Waals surface area contributed by atoms with E-state index in [0.29, 0.717) is 19.4 Å². The van der Waals surface area contributed by atoms with E-state index in [1.54, 1.807) is 7.11 Å². The molecule has 0 spiro atoms. The molecule has 0 amide bonds. The molecule has 2 heteroatoms. The van der Waals surface area contributed by atoms with E-state index in [-0.39, 0.29) is 5.78 Å². The van der Waals surface area contributed by atoms with E-state index < -0.39 is 0 Å². The SMILES string of the molecule is COCCC(=O)Cc1cc(C)ccc1C. The average molecular weight is 206 g/mol. The molecule has 0 aliphatic heterocycles. The van der Waals surface area contributed by atoms with Crippen LogP contribution in [0.1, 0.15) is 23.1 Å². The molecule has 0 radical (unpaired) electrons. The summed E-state index contributed by atoms with van der Waals surface area (Å²) in [5.41, 5.74) is 3.53. The van der Waals surface area contributed by atoms with Crippen molar-refractivity contribution in [2.75, 3.05) is 13.7 Å². The van der Waals surface area contributed by atoms with Crippen molar-refractivity contribution in [1.82, 2.24) is 0 Å². The number of carbonyl (C=O) groups excluding carboxylic acids is 1. The molecule has 0 aliphatic carbocycles. The van der Waals surface area contributed by atoms with Crippen LogP contribution in [0.5, 0.6) is 0 Å². The Labute approximate surface area is 91.3 Å². The molecule has 0 unspecified atom stereocenters. The van der Waals surface area contributed by atoms with Crippen molar-refractivity contribution in [2.24, 2.45) is 0 Å². The lowest BCUT2D eigenvalue weighted by Crippen LogP contribution is -2.07. The van der Waals surface area contributed by atoms with Gasteiger partial charge in [0, 0.05) is 20.0 Å². The zero-order chi connectivity index (χ0) is 11.3. The summed E-state index contributed by atoms with van der Waals surface area (Å²) in [4.78, 5) is 11.6. The summed E-state index contributed by atoms with van der Waals surface area (Å²) in [5, 5.41) is 0. The van der Waals surface area contributed by atoms with Crippen molar-refractivity contribution in [2.45, 2.75) is 26.7 Å². The first kappa shape index (κ1) is 11.9. The molecule has 1 aromatic carbocycles. The third kappa shape index (κ3) is 3.84. The highest BCUT2D eigenvalue weighted by atomic mass is 16.5. The lowest BCUT2D eigenvalue weighted by atomic mass is 10.00. The molecule has 0 bridgehead atoms. The second kappa shape index (κ2) is 5.66. The van der Waals surface area contributed by atoms with Gasteiger partial charge in [0.2, 0.25) is 0 Å². The number of hydrogen-bond donors (Lipinski definition) is 0. The average Bonchev–Trinajstić information content (AvgIpc) is 2.20. The highest BCUT2D eigenvalue weighted by Gasteiger charge is 2.05. The number of Topliss-reactive ketones (excluding diaryl/α,β-unsaturated/α-hetero) is 1. The van der Waals surface area contributed by atoms with E-state index in [1.165, 1.54) is 11.1 Å². The van der Waals surface area contributed by atoms with Gasteiger partial charge in [-0.3, -0.25) is 4.79 Å². The Kier molecular flexibility index (Phi) is 4.50. The summed E-state index contributed by atoms with van der Waals surface area (Å²) in [5.74, 6) is 0.241. The molecule has 82 valence electrons. The molecule has 0 saturated heterocycles. The Morgan fingerprint density at radius 3 is 2.73 bits per heavy atom. The number of ether oxygens (including phenoxy) is 1. The minimum absolute atomic E-state index is 0.241. The first-order valence-corrected chi connectivity index (χ1v) is 5.20. The van der Waals surface area contributed by atoms with Crippen LogP contribution in [0.4, 0.5) is 0 Å². The van der Waals surface area contributed by atoms with Crippen LogP contribution in [0.25, 0.3) is 0 Å². The molecule has 15 heavy (non-hydrogen) atoms. The Bertz CT molecular complexity index is 342. The second-order valence-electron chi connectivity index (χ2n) is 3.89. The van der Waals surface area contributed by atoms with Crippen LogP contribution in [0.2, 0.25) is 0 Å². The molecule has 0 aromatic heterocycles. The topological polar surface area (TPSA) is 26.3 Å². The van der Waals surface area contributed by atoms with Crippen LogP contribution in [0.3, 0.4) is 0 Å². The molecule has 0 N–H and O–H groups in total. The Morgan fingerprint density at radius 1 is 1.33 bits per heavy atom. The predicted molar refractivity (Wildman–Crippen MR) is 61.1 cm³/mol. The lowest BCUT2D eigenvalue weighted by Gasteiger charge is -2.06. The molecular formula is C13H18O2. The first-order valence-electron chi connectivity index (χ1n) is 5.20. The number of rotatable bonds is 5. The quantitative estimate of drug-likeness (QED) is 0.739. The van der Waals surface area contributed by atoms with Gasteiger partial charge in [-0.05, 0) is 25.0 Å². The van der Waals surface area contributed by atoms with Crippen LogP contribution in [-0.4, -0.2) is 19.5 Å². The van der Waals surface area contributed by atoms with Crippen molar-refractivity contribution in [1.29, 1.82) is 0 Å². The summed E-state index contributed by atoms with van der Waals surface area (Å²) < 4.78 is 4.88. The molecule has 0 atom stereocenters. The standard InChI is InChI=1S/C13H18O2/c1-10-4-5-11(2)12(8-10)9-13(14)6-7-15-3/h4-5,8H,6-7,9H2,1-3H3. The summed E-state index contributed by atoms with van der Waals surface area (Å²) in [6.07, 6.45) is 1.03. The Balaban J connectivity index is 2.63. The van der Waals surface area contributed by atoms with Crippen molar-refractivity contribution < 1.29 is 9.53 Å². The largest absolute Gasteiger partial charge is 0.384 e. The van der Waals surface area contributed by atoms with Crippen molar-refractivity contribution in [3.63, 3.8) is 0 Å². The zero-order valence-electron chi connectivity index (χ0n) is 9.67. The van der Waals surface area contributed by atoms with Gasteiger partial charge in [0.05, 0.1) is 6.61 Å². The van der Waals surface area contributed by atoms with Gasteiger partial charge in [0.25, 0.3) is 0 Å². The molecule has 0 saturated carbocycles. The van der Waals surface area contributed by atoms with Gasteiger partial charge < -0.3 is 4.74 Å². The number of benzene rings is 1. The predicted octanol–water partition coefficient (Wildman–Crippen LogP) is 2.45. The summed E-state index contributed by atoms with van der Waals surface area (Å²) >= 11 is 0. The molecule has 0 aliphatic rings.